The topological polar surface area (TPSA) is 109 Å². The Labute approximate surface area is 134 Å². The zero-order chi connectivity index (χ0) is 15.4. The van der Waals surface area contributed by atoms with Gasteiger partial charge in [0.15, 0.2) is 0 Å². The predicted octanol–water partition coefficient (Wildman–Crippen LogP) is 0.131. The molecule has 114 valence electrons. The third kappa shape index (κ3) is 2.16. The van der Waals surface area contributed by atoms with E-state index in [1.165, 1.54) is 28.0 Å². The Bertz CT molecular complexity index is 609. The van der Waals surface area contributed by atoms with Gasteiger partial charge in [-0.05, 0) is 6.92 Å². The van der Waals surface area contributed by atoms with Gasteiger partial charge in [-0.1, -0.05) is 0 Å². The first-order valence-electron chi connectivity index (χ1n) is 6.26. The molecule has 0 spiro atoms. The molecule has 3 heterocycles. The van der Waals surface area contributed by atoms with Crippen LogP contribution in [0.2, 0.25) is 0 Å². The van der Waals surface area contributed by atoms with E-state index in [4.69, 9.17) is 5.73 Å². The second-order valence-corrected chi connectivity index (χ2v) is 8.05. The number of hydrogen-bond acceptors (Lipinski definition) is 8. The van der Waals surface area contributed by atoms with Crippen molar-refractivity contribution in [3.8, 4) is 0 Å². The number of β-lactam (4-membered cyclic amide) rings is 1. The highest BCUT2D eigenvalue weighted by Crippen LogP contribution is 2.50. The first-order chi connectivity index (χ1) is 9.86. The van der Waals surface area contributed by atoms with Crippen molar-refractivity contribution >= 4 is 47.6 Å². The molecule has 0 aliphatic carbocycles. The number of carbonyl (C=O) groups excluding carboxylic acids is 1. The largest absolute Gasteiger partial charge is 0.481 e. The average Bonchev–Trinajstić information content (AvgIpc) is 2.91. The van der Waals surface area contributed by atoms with Crippen molar-refractivity contribution in [3.05, 3.63) is 10.0 Å². The zero-order valence-corrected chi connectivity index (χ0v) is 13.6. The van der Waals surface area contributed by atoms with Crippen LogP contribution in [0.3, 0.4) is 0 Å². The number of aliphatic carboxylic acids is 1. The van der Waals surface area contributed by atoms with Gasteiger partial charge in [-0.15, -0.1) is 33.3 Å². The van der Waals surface area contributed by atoms with Gasteiger partial charge in [0.1, 0.15) is 26.8 Å². The number of thioether (sulfide) groups is 1. The van der Waals surface area contributed by atoms with E-state index in [0.29, 0.717) is 10.8 Å². The summed E-state index contributed by atoms with van der Waals surface area (Å²) in [6, 6.07) is -0.524. The molecule has 0 radical (unpaired) electrons. The molecule has 21 heavy (non-hydrogen) atoms. The lowest BCUT2D eigenvalue weighted by atomic mass is 9.83. The molecule has 0 bridgehead atoms. The Hall–Kier alpha value is -0.840. The van der Waals surface area contributed by atoms with Gasteiger partial charge in [-0.25, -0.2) is 0 Å². The quantitative estimate of drug-likeness (QED) is 0.527. The number of aryl methyl sites for hydroxylation is 1. The first-order valence-corrected chi connectivity index (χ1v) is 8.64. The van der Waals surface area contributed by atoms with E-state index in [1.807, 2.05) is 0 Å². The number of carbonyl (C=O) groups is 2. The Morgan fingerprint density at radius 1 is 1.62 bits per heavy atom. The molecular weight excluding hydrogens is 332 g/mol. The van der Waals surface area contributed by atoms with Gasteiger partial charge in [0.05, 0.1) is 5.25 Å². The minimum absolute atomic E-state index is 0.110. The maximum atomic E-state index is 11.9. The number of rotatable bonds is 3. The van der Waals surface area contributed by atoms with Crippen LogP contribution in [0.4, 0.5) is 0 Å². The van der Waals surface area contributed by atoms with E-state index in [1.54, 1.807) is 6.92 Å². The van der Waals surface area contributed by atoms with E-state index in [2.05, 4.69) is 22.8 Å². The summed E-state index contributed by atoms with van der Waals surface area (Å²) >= 11 is 7.22. The maximum absolute atomic E-state index is 11.9. The van der Waals surface area contributed by atoms with Gasteiger partial charge in [0.25, 0.3) is 0 Å². The normalized spacial score (nSPS) is 33.3. The summed E-state index contributed by atoms with van der Waals surface area (Å²) in [4.78, 5) is 25.2. The second kappa shape index (κ2) is 5.11. The van der Waals surface area contributed by atoms with Crippen LogP contribution in [0, 0.1) is 12.3 Å². The lowest BCUT2D eigenvalue weighted by molar-refractivity contribution is -0.156. The van der Waals surface area contributed by atoms with Crippen molar-refractivity contribution in [2.45, 2.75) is 23.6 Å². The number of aromatic nitrogens is 2. The highest BCUT2D eigenvalue weighted by molar-refractivity contribution is 8.00. The number of thiol groups is 1. The molecule has 4 atom stereocenters. The summed E-state index contributed by atoms with van der Waals surface area (Å²) in [5.74, 6) is -0.835. The van der Waals surface area contributed by atoms with Crippen LogP contribution in [0.15, 0.2) is 0 Å². The molecule has 0 saturated carbocycles. The number of amides is 1. The highest BCUT2D eigenvalue weighted by atomic mass is 32.2. The second-order valence-electron chi connectivity index (χ2n) is 5.22. The van der Waals surface area contributed by atoms with Crippen LogP contribution in [0.1, 0.15) is 15.3 Å². The van der Waals surface area contributed by atoms with Crippen molar-refractivity contribution in [3.63, 3.8) is 0 Å². The van der Waals surface area contributed by atoms with E-state index in [-0.39, 0.29) is 17.8 Å². The number of fused-ring (bicyclic) bond motifs is 1. The minimum atomic E-state index is -1.17. The fourth-order valence-corrected chi connectivity index (χ4v) is 5.52. The molecule has 0 aromatic carbocycles. The summed E-state index contributed by atoms with van der Waals surface area (Å²) < 4.78 is 0. The molecule has 1 aromatic rings. The number of carboxylic acid groups (broad SMARTS) is 1. The number of nitrogens with two attached hydrogens (primary N) is 1. The number of hydrogen-bond donors (Lipinski definition) is 3. The number of nitrogens with zero attached hydrogens (tertiary/aromatic N) is 3. The van der Waals surface area contributed by atoms with E-state index >= 15 is 0 Å². The molecule has 3 unspecified atom stereocenters. The van der Waals surface area contributed by atoms with Gasteiger partial charge in [0.2, 0.25) is 5.91 Å². The molecule has 2 saturated heterocycles. The minimum Gasteiger partial charge on any atom is -0.481 e. The SMILES string of the molecule is Cc1nnc(C(S)C2(C(=O)O)CS[C@@H]3C(N)C(=O)N3C2)s1. The molecule has 2 fully saturated rings. The van der Waals surface area contributed by atoms with Crippen LogP contribution in [-0.2, 0) is 9.59 Å². The van der Waals surface area contributed by atoms with E-state index in [9.17, 15) is 14.7 Å². The first kappa shape index (κ1) is 15.1. The monoisotopic (exact) mass is 346 g/mol. The Morgan fingerprint density at radius 2 is 2.33 bits per heavy atom. The summed E-state index contributed by atoms with van der Waals surface area (Å²) in [7, 11) is 0. The maximum Gasteiger partial charge on any atom is 0.313 e. The fourth-order valence-electron chi connectivity index (χ4n) is 2.57. The molecule has 1 amide bonds. The van der Waals surface area contributed by atoms with Gasteiger partial charge in [-0.2, -0.15) is 12.6 Å². The lowest BCUT2D eigenvalue weighted by Gasteiger charge is -2.53. The summed E-state index contributed by atoms with van der Waals surface area (Å²) in [5.41, 5.74) is 4.56. The van der Waals surface area contributed by atoms with Crippen molar-refractivity contribution in [2.24, 2.45) is 11.1 Å². The molecule has 2 aliphatic heterocycles. The standard InChI is InChI=1S/C11H14N4O3S3/c1-4-13-14-7(21-4)6(19)11(10(17)18)2-15-8(16)5(12)9(15)20-3-11/h5-6,9,19H,2-3,12H2,1H3,(H,17,18)/t5?,6?,9-,11?/m1/s1. The summed E-state index contributed by atoms with van der Waals surface area (Å²) in [6.07, 6.45) is 0. The number of carboxylic acids is 1. The van der Waals surface area contributed by atoms with Crippen molar-refractivity contribution in [2.75, 3.05) is 12.3 Å². The van der Waals surface area contributed by atoms with Crippen molar-refractivity contribution in [1.82, 2.24) is 15.1 Å². The molecular formula is C11H14N4O3S3. The van der Waals surface area contributed by atoms with Crippen LogP contribution in [0.25, 0.3) is 0 Å². The van der Waals surface area contributed by atoms with Crippen LogP contribution in [0.5, 0.6) is 0 Å². The lowest BCUT2D eigenvalue weighted by Crippen LogP contribution is -2.72. The average molecular weight is 346 g/mol. The molecule has 2 aliphatic rings. The molecule has 3 rings (SSSR count). The van der Waals surface area contributed by atoms with Crippen molar-refractivity contribution in [1.29, 1.82) is 0 Å². The van der Waals surface area contributed by atoms with E-state index < -0.39 is 22.7 Å². The zero-order valence-electron chi connectivity index (χ0n) is 11.1. The van der Waals surface area contributed by atoms with Crippen LogP contribution >= 0.6 is 35.7 Å². The van der Waals surface area contributed by atoms with Gasteiger partial charge in [0, 0.05) is 12.3 Å². The molecule has 10 heteroatoms. The van der Waals surface area contributed by atoms with Gasteiger partial charge >= 0.3 is 5.97 Å². The fraction of sp³-hybridized carbons (Fsp3) is 0.636. The Balaban J connectivity index is 1.91. The Morgan fingerprint density at radius 3 is 2.90 bits per heavy atom. The molecule has 7 nitrogen and oxygen atoms in total. The molecule has 1 aromatic heterocycles. The highest BCUT2D eigenvalue weighted by Gasteiger charge is 2.58. The van der Waals surface area contributed by atoms with Gasteiger partial charge < -0.3 is 15.7 Å². The third-order valence-electron chi connectivity index (χ3n) is 3.87. The van der Waals surface area contributed by atoms with Crippen LogP contribution < -0.4 is 5.73 Å². The molecule has 3 N–H and O–H groups in total. The predicted molar refractivity (Wildman–Crippen MR) is 82.4 cm³/mol. The summed E-state index contributed by atoms with van der Waals surface area (Å²) in [6.45, 7) is 1.91. The Kier molecular flexibility index (Phi) is 3.67. The van der Waals surface area contributed by atoms with E-state index in [0.717, 1.165) is 5.01 Å². The smallest absolute Gasteiger partial charge is 0.313 e. The summed E-state index contributed by atoms with van der Waals surface area (Å²) in [5, 5.41) is 18.2. The third-order valence-corrected chi connectivity index (χ3v) is 7.26. The van der Waals surface area contributed by atoms with Crippen LogP contribution in [-0.4, -0.2) is 55.8 Å². The van der Waals surface area contributed by atoms with Gasteiger partial charge in [-0.3, -0.25) is 9.59 Å². The van der Waals surface area contributed by atoms with Crippen molar-refractivity contribution < 1.29 is 14.7 Å².